The molecule has 1 aliphatic heterocycles. The third-order valence-electron chi connectivity index (χ3n) is 5.79. The van der Waals surface area contributed by atoms with Crippen LogP contribution in [0.1, 0.15) is 36.1 Å². The lowest BCUT2D eigenvalue weighted by atomic mass is 9.97. The molecule has 10 heteroatoms. The van der Waals surface area contributed by atoms with E-state index in [0.29, 0.717) is 6.54 Å². The molecule has 1 aliphatic carbocycles. The number of fused-ring (bicyclic) bond motifs is 1. The minimum Gasteiger partial charge on any atom is -0.399 e. The fraction of sp³-hybridized carbons (Fsp3) is 0.476. The highest BCUT2D eigenvalue weighted by atomic mass is 19.4. The molecule has 0 saturated carbocycles. The largest absolute Gasteiger partial charge is 0.416 e. The number of nitrogens with one attached hydrogen (secondary N) is 2. The molecule has 0 spiro atoms. The summed E-state index contributed by atoms with van der Waals surface area (Å²) in [7, 11) is 1.63. The predicted octanol–water partition coefficient (Wildman–Crippen LogP) is 3.27. The number of aryl methyl sites for hydroxylation is 1. The van der Waals surface area contributed by atoms with Crippen molar-refractivity contribution in [3.63, 3.8) is 0 Å². The van der Waals surface area contributed by atoms with Gasteiger partial charge in [-0.25, -0.2) is 4.98 Å². The van der Waals surface area contributed by atoms with Gasteiger partial charge in [-0.15, -0.1) is 0 Å². The molecule has 7 nitrogen and oxygen atoms in total. The summed E-state index contributed by atoms with van der Waals surface area (Å²) in [5.74, 6) is 0.883. The smallest absolute Gasteiger partial charge is 0.399 e. The normalized spacial score (nSPS) is 18.6. The lowest BCUT2D eigenvalue weighted by Crippen LogP contribution is -2.43. The Labute approximate surface area is 178 Å². The van der Waals surface area contributed by atoms with Crippen molar-refractivity contribution < 1.29 is 18.0 Å². The summed E-state index contributed by atoms with van der Waals surface area (Å²) in [4.78, 5) is 23.4. The molecule has 0 bridgehead atoms. The van der Waals surface area contributed by atoms with Crippen molar-refractivity contribution in [1.82, 2.24) is 15.3 Å². The van der Waals surface area contributed by atoms with Gasteiger partial charge in [0.1, 0.15) is 5.82 Å². The third kappa shape index (κ3) is 4.52. The number of nitrogens with two attached hydrogens (primary N) is 1. The minimum atomic E-state index is -4.50. The summed E-state index contributed by atoms with van der Waals surface area (Å²) in [5, 5.41) is 5.61. The van der Waals surface area contributed by atoms with Crippen LogP contribution in [0.15, 0.2) is 18.2 Å². The van der Waals surface area contributed by atoms with Gasteiger partial charge in [0, 0.05) is 37.1 Å². The van der Waals surface area contributed by atoms with Crippen LogP contribution >= 0.6 is 0 Å². The summed E-state index contributed by atoms with van der Waals surface area (Å²) in [6, 6.07) is 3.32. The van der Waals surface area contributed by atoms with E-state index in [1.165, 1.54) is 6.07 Å². The van der Waals surface area contributed by atoms with Crippen molar-refractivity contribution in [2.75, 3.05) is 36.1 Å². The summed E-state index contributed by atoms with van der Waals surface area (Å²) in [6.07, 6.45) is -0.233. The fourth-order valence-electron chi connectivity index (χ4n) is 4.33. The quantitative estimate of drug-likeness (QED) is 0.640. The van der Waals surface area contributed by atoms with Crippen molar-refractivity contribution in [2.24, 2.45) is 5.92 Å². The van der Waals surface area contributed by atoms with E-state index in [1.807, 2.05) is 0 Å². The number of carbonyl (C=O) groups excluding carboxylic acids is 1. The van der Waals surface area contributed by atoms with Gasteiger partial charge in [-0.05, 0) is 50.3 Å². The number of alkyl halides is 3. The fourth-order valence-corrected chi connectivity index (χ4v) is 4.33. The molecule has 4 rings (SSSR count). The summed E-state index contributed by atoms with van der Waals surface area (Å²) >= 11 is 0. The molecule has 1 saturated heterocycles. The van der Waals surface area contributed by atoms with Crippen LogP contribution in [0.3, 0.4) is 0 Å². The first-order valence-electron chi connectivity index (χ1n) is 10.4. The average molecular weight is 434 g/mol. The van der Waals surface area contributed by atoms with Crippen LogP contribution in [0.5, 0.6) is 0 Å². The highest BCUT2D eigenvalue weighted by molar-refractivity contribution is 5.79. The number of nitrogens with zero attached hydrogens (tertiary/aromatic N) is 3. The molecule has 4 N–H and O–H groups in total. The Morgan fingerprint density at radius 3 is 2.74 bits per heavy atom. The average Bonchev–Trinajstić information content (AvgIpc) is 3.20. The first kappa shape index (κ1) is 21.2. The molecule has 1 aromatic heterocycles. The topological polar surface area (TPSA) is 96.2 Å². The van der Waals surface area contributed by atoms with E-state index in [4.69, 9.17) is 5.73 Å². The summed E-state index contributed by atoms with van der Waals surface area (Å²) in [6.45, 7) is 1.33. The van der Waals surface area contributed by atoms with E-state index in [0.717, 1.165) is 67.9 Å². The van der Waals surface area contributed by atoms with E-state index < -0.39 is 11.7 Å². The standard InChI is InChI=1S/C21H25F3N6O/c1-26-19(31)12-4-3-7-30(11-12)18-16-5-2-6-17(16)28-20(29-18)27-15-9-13(21(22,23)24)8-14(25)10-15/h8-10,12H,2-7,11,25H2,1H3,(H,26,31)(H,27,28,29). The minimum absolute atomic E-state index is 0.00292. The number of anilines is 4. The van der Waals surface area contributed by atoms with Crippen LogP contribution in [0.25, 0.3) is 0 Å². The van der Waals surface area contributed by atoms with Gasteiger partial charge in [-0.2, -0.15) is 18.2 Å². The van der Waals surface area contributed by atoms with E-state index in [2.05, 4.69) is 25.5 Å². The van der Waals surface area contributed by atoms with Crippen LogP contribution in [0.2, 0.25) is 0 Å². The van der Waals surface area contributed by atoms with Gasteiger partial charge in [-0.1, -0.05) is 0 Å². The molecule has 1 amide bonds. The Bertz CT molecular complexity index is 994. The first-order chi connectivity index (χ1) is 14.7. The Balaban J connectivity index is 1.65. The van der Waals surface area contributed by atoms with Gasteiger partial charge < -0.3 is 21.3 Å². The molecule has 2 heterocycles. The van der Waals surface area contributed by atoms with E-state index in [-0.39, 0.29) is 29.1 Å². The highest BCUT2D eigenvalue weighted by Crippen LogP contribution is 2.35. The zero-order chi connectivity index (χ0) is 22.2. The molecule has 166 valence electrons. The van der Waals surface area contributed by atoms with E-state index in [9.17, 15) is 18.0 Å². The Hall–Kier alpha value is -3.04. The number of carbonyl (C=O) groups is 1. The van der Waals surface area contributed by atoms with Crippen LogP contribution in [0.4, 0.5) is 36.3 Å². The molecular weight excluding hydrogens is 409 g/mol. The second-order valence-corrected chi connectivity index (χ2v) is 8.02. The number of rotatable bonds is 4. The Morgan fingerprint density at radius 2 is 2.00 bits per heavy atom. The molecule has 2 aliphatic rings. The SMILES string of the molecule is CNC(=O)C1CCCN(c2nc(Nc3cc(N)cc(C(F)(F)F)c3)nc3c2CCC3)C1. The zero-order valence-corrected chi connectivity index (χ0v) is 17.2. The van der Waals surface area contributed by atoms with Gasteiger partial charge in [0.05, 0.1) is 17.2 Å². The Morgan fingerprint density at radius 1 is 1.19 bits per heavy atom. The molecule has 2 aromatic rings. The number of hydrogen-bond donors (Lipinski definition) is 3. The molecule has 31 heavy (non-hydrogen) atoms. The first-order valence-corrected chi connectivity index (χ1v) is 10.4. The van der Waals surface area contributed by atoms with E-state index >= 15 is 0 Å². The lowest BCUT2D eigenvalue weighted by Gasteiger charge is -2.34. The molecule has 1 unspecified atom stereocenters. The van der Waals surface area contributed by atoms with Crippen LogP contribution < -0.4 is 21.3 Å². The number of halogens is 3. The maximum absolute atomic E-state index is 13.2. The molecule has 1 atom stereocenters. The van der Waals surface area contributed by atoms with Crippen LogP contribution in [0, 0.1) is 5.92 Å². The van der Waals surface area contributed by atoms with Gasteiger partial charge in [0.15, 0.2) is 0 Å². The van der Waals surface area contributed by atoms with Crippen molar-refractivity contribution in [3.05, 3.63) is 35.0 Å². The van der Waals surface area contributed by atoms with Crippen molar-refractivity contribution in [2.45, 2.75) is 38.3 Å². The maximum atomic E-state index is 13.2. The number of amides is 1. The highest BCUT2D eigenvalue weighted by Gasteiger charge is 2.32. The lowest BCUT2D eigenvalue weighted by molar-refractivity contribution is -0.137. The summed E-state index contributed by atoms with van der Waals surface area (Å²) in [5.41, 5.74) is 6.99. The molecular formula is C21H25F3N6O. The number of nitrogen functional groups attached to an aromatic ring is 1. The zero-order valence-electron chi connectivity index (χ0n) is 17.2. The number of piperidine rings is 1. The third-order valence-corrected chi connectivity index (χ3v) is 5.79. The summed E-state index contributed by atoms with van der Waals surface area (Å²) < 4.78 is 39.5. The second kappa shape index (κ2) is 8.24. The van der Waals surface area contributed by atoms with Gasteiger partial charge in [0.25, 0.3) is 0 Å². The van der Waals surface area contributed by atoms with Crippen molar-refractivity contribution in [1.29, 1.82) is 0 Å². The van der Waals surface area contributed by atoms with Crippen LogP contribution in [-0.2, 0) is 23.8 Å². The second-order valence-electron chi connectivity index (χ2n) is 8.02. The molecule has 1 aromatic carbocycles. The Kier molecular flexibility index (Phi) is 5.63. The number of benzene rings is 1. The predicted molar refractivity (Wildman–Crippen MR) is 112 cm³/mol. The maximum Gasteiger partial charge on any atom is 0.416 e. The van der Waals surface area contributed by atoms with Crippen molar-refractivity contribution >= 4 is 29.0 Å². The van der Waals surface area contributed by atoms with Gasteiger partial charge in [0.2, 0.25) is 11.9 Å². The van der Waals surface area contributed by atoms with Gasteiger partial charge in [-0.3, -0.25) is 4.79 Å². The monoisotopic (exact) mass is 434 g/mol. The van der Waals surface area contributed by atoms with Gasteiger partial charge >= 0.3 is 6.18 Å². The van der Waals surface area contributed by atoms with Crippen LogP contribution in [-0.4, -0.2) is 36.0 Å². The van der Waals surface area contributed by atoms with Crippen molar-refractivity contribution in [3.8, 4) is 0 Å². The van der Waals surface area contributed by atoms with E-state index in [1.54, 1.807) is 7.05 Å². The molecule has 0 radical (unpaired) electrons. The number of aromatic nitrogens is 2. The number of hydrogen-bond acceptors (Lipinski definition) is 6. The molecule has 1 fully saturated rings.